The number of amides is 2. The lowest BCUT2D eigenvalue weighted by molar-refractivity contribution is -0.139. The Morgan fingerprint density at radius 1 is 1.15 bits per heavy atom. The van der Waals surface area contributed by atoms with Crippen molar-refractivity contribution in [3.63, 3.8) is 0 Å². The minimum atomic E-state index is -3.56. The predicted molar refractivity (Wildman–Crippen MR) is 103 cm³/mol. The van der Waals surface area contributed by atoms with Crippen LogP contribution in [0.3, 0.4) is 0 Å². The van der Waals surface area contributed by atoms with Gasteiger partial charge >= 0.3 is 0 Å². The molecule has 7 nitrogen and oxygen atoms in total. The fourth-order valence-corrected chi connectivity index (χ4v) is 4.30. The molecule has 1 aromatic heterocycles. The summed E-state index contributed by atoms with van der Waals surface area (Å²) < 4.78 is 24.8. The maximum Gasteiger partial charge on any atom is 0.273 e. The number of rotatable bonds is 4. The summed E-state index contributed by atoms with van der Waals surface area (Å²) in [4.78, 5) is 29.7. The van der Waals surface area contributed by atoms with Gasteiger partial charge in [-0.2, -0.15) is 0 Å². The highest BCUT2D eigenvalue weighted by atomic mass is 79.9. The molecule has 1 aromatic carbocycles. The van der Waals surface area contributed by atoms with Crippen LogP contribution >= 0.6 is 15.9 Å². The molecular formula is C18H18BrN3O4S. The van der Waals surface area contributed by atoms with Crippen LogP contribution in [-0.2, 0) is 21.1 Å². The van der Waals surface area contributed by atoms with E-state index in [0.29, 0.717) is 19.5 Å². The first-order valence-corrected chi connectivity index (χ1v) is 11.0. The molecule has 2 amide bonds. The van der Waals surface area contributed by atoms with Crippen molar-refractivity contribution >= 4 is 37.6 Å². The van der Waals surface area contributed by atoms with Crippen LogP contribution in [0.1, 0.15) is 22.3 Å². The van der Waals surface area contributed by atoms with Gasteiger partial charge in [0, 0.05) is 36.2 Å². The van der Waals surface area contributed by atoms with E-state index in [1.54, 1.807) is 30.6 Å². The topological polar surface area (TPSA) is 87.7 Å². The quantitative estimate of drug-likeness (QED) is 0.709. The molecule has 0 N–H and O–H groups in total. The Bertz CT molecular complexity index is 994. The molecule has 27 heavy (non-hydrogen) atoms. The SMILES string of the molecule is CS(=O)(=O)c1ccccc1C(=O)N1CCCN1C(=O)Cc1cncc(Br)c1. The van der Waals surface area contributed by atoms with Gasteiger partial charge in [0.1, 0.15) is 0 Å². The van der Waals surface area contributed by atoms with Gasteiger partial charge in [-0.3, -0.25) is 19.6 Å². The molecule has 1 saturated heterocycles. The van der Waals surface area contributed by atoms with Crippen LogP contribution in [0.2, 0.25) is 0 Å². The molecule has 1 aliphatic rings. The van der Waals surface area contributed by atoms with E-state index < -0.39 is 15.7 Å². The number of sulfone groups is 1. The highest BCUT2D eigenvalue weighted by molar-refractivity contribution is 9.10. The second kappa shape index (κ2) is 7.77. The van der Waals surface area contributed by atoms with Gasteiger partial charge < -0.3 is 0 Å². The first-order valence-electron chi connectivity index (χ1n) is 8.28. The van der Waals surface area contributed by atoms with Gasteiger partial charge in [-0.25, -0.2) is 13.4 Å². The number of hydrogen-bond donors (Lipinski definition) is 0. The molecule has 3 rings (SSSR count). The summed E-state index contributed by atoms with van der Waals surface area (Å²) in [7, 11) is -3.56. The summed E-state index contributed by atoms with van der Waals surface area (Å²) in [5, 5.41) is 2.72. The van der Waals surface area contributed by atoms with E-state index in [-0.39, 0.29) is 22.8 Å². The number of benzene rings is 1. The van der Waals surface area contributed by atoms with Crippen molar-refractivity contribution in [3.8, 4) is 0 Å². The lowest BCUT2D eigenvalue weighted by atomic mass is 10.2. The normalized spacial score (nSPS) is 14.4. The van der Waals surface area contributed by atoms with E-state index in [1.807, 2.05) is 0 Å². The number of hydrazine groups is 1. The molecule has 2 heterocycles. The molecule has 0 unspecified atom stereocenters. The van der Waals surface area contributed by atoms with Crippen LogP contribution in [0, 0.1) is 0 Å². The fourth-order valence-electron chi connectivity index (χ4n) is 3.01. The molecule has 0 radical (unpaired) electrons. The zero-order valence-corrected chi connectivity index (χ0v) is 17.0. The van der Waals surface area contributed by atoms with Crippen LogP contribution in [0.25, 0.3) is 0 Å². The molecule has 0 aliphatic carbocycles. The van der Waals surface area contributed by atoms with Crippen molar-refractivity contribution in [3.05, 3.63) is 58.3 Å². The molecule has 1 aliphatic heterocycles. The number of carbonyl (C=O) groups is 2. The molecular weight excluding hydrogens is 434 g/mol. The summed E-state index contributed by atoms with van der Waals surface area (Å²) in [6.07, 6.45) is 5.02. The third-order valence-corrected chi connectivity index (χ3v) is 5.78. The van der Waals surface area contributed by atoms with E-state index >= 15 is 0 Å². The van der Waals surface area contributed by atoms with Crippen LogP contribution < -0.4 is 0 Å². The van der Waals surface area contributed by atoms with Crippen molar-refractivity contribution in [1.82, 2.24) is 15.0 Å². The standard InChI is InChI=1S/C18H18BrN3O4S/c1-27(25,26)16-6-3-2-5-15(16)18(24)22-8-4-7-21(22)17(23)10-13-9-14(19)12-20-11-13/h2-3,5-6,9,11-12H,4,7-8,10H2,1H3. The Hall–Kier alpha value is -2.26. The van der Waals surface area contributed by atoms with Gasteiger partial charge in [0.05, 0.1) is 16.9 Å². The lowest BCUT2D eigenvalue weighted by Gasteiger charge is -2.28. The molecule has 0 bridgehead atoms. The number of aromatic nitrogens is 1. The average molecular weight is 452 g/mol. The first-order chi connectivity index (χ1) is 12.8. The maximum absolute atomic E-state index is 13.0. The van der Waals surface area contributed by atoms with Crippen molar-refractivity contribution in [2.24, 2.45) is 0 Å². The number of nitrogens with zero attached hydrogens (tertiary/aromatic N) is 3. The Morgan fingerprint density at radius 2 is 1.85 bits per heavy atom. The zero-order valence-electron chi connectivity index (χ0n) is 14.6. The summed E-state index contributed by atoms with van der Waals surface area (Å²) in [6, 6.07) is 7.85. The summed E-state index contributed by atoms with van der Waals surface area (Å²) in [6.45, 7) is 0.770. The van der Waals surface area contributed by atoms with E-state index in [4.69, 9.17) is 0 Å². The third kappa shape index (κ3) is 4.36. The Morgan fingerprint density at radius 3 is 2.56 bits per heavy atom. The van der Waals surface area contributed by atoms with Gasteiger partial charge in [-0.1, -0.05) is 12.1 Å². The number of hydrogen-bond acceptors (Lipinski definition) is 5. The van der Waals surface area contributed by atoms with Crippen molar-refractivity contribution in [2.75, 3.05) is 19.3 Å². The number of halogens is 1. The minimum Gasteiger partial charge on any atom is -0.273 e. The Balaban J connectivity index is 1.84. The van der Waals surface area contributed by atoms with Gasteiger partial charge in [-0.15, -0.1) is 0 Å². The van der Waals surface area contributed by atoms with Gasteiger partial charge in [0.25, 0.3) is 5.91 Å². The van der Waals surface area contributed by atoms with E-state index in [0.717, 1.165) is 16.3 Å². The summed E-state index contributed by atoms with van der Waals surface area (Å²) >= 11 is 3.32. The van der Waals surface area contributed by atoms with E-state index in [1.165, 1.54) is 22.2 Å². The lowest BCUT2D eigenvalue weighted by Crippen LogP contribution is -2.45. The van der Waals surface area contributed by atoms with Crippen molar-refractivity contribution < 1.29 is 18.0 Å². The van der Waals surface area contributed by atoms with Gasteiger partial charge in [-0.05, 0) is 46.1 Å². The molecule has 0 saturated carbocycles. The highest BCUT2D eigenvalue weighted by Gasteiger charge is 2.33. The molecule has 1 fully saturated rings. The first kappa shape index (κ1) is 19.5. The van der Waals surface area contributed by atoms with Crippen LogP contribution in [0.5, 0.6) is 0 Å². The highest BCUT2D eigenvalue weighted by Crippen LogP contribution is 2.22. The third-order valence-electron chi connectivity index (χ3n) is 4.19. The van der Waals surface area contributed by atoms with Crippen molar-refractivity contribution in [1.29, 1.82) is 0 Å². The fraction of sp³-hybridized carbons (Fsp3) is 0.278. The van der Waals surface area contributed by atoms with Gasteiger partial charge in [0.15, 0.2) is 9.84 Å². The predicted octanol–water partition coefficient (Wildman–Crippen LogP) is 2.08. The molecule has 2 aromatic rings. The van der Waals surface area contributed by atoms with Crippen molar-refractivity contribution in [2.45, 2.75) is 17.7 Å². The minimum absolute atomic E-state index is 0.0366. The van der Waals surface area contributed by atoms with Crippen LogP contribution in [0.4, 0.5) is 0 Å². The second-order valence-corrected chi connectivity index (χ2v) is 9.16. The number of carbonyl (C=O) groups excluding carboxylic acids is 2. The maximum atomic E-state index is 13.0. The zero-order chi connectivity index (χ0) is 19.6. The monoisotopic (exact) mass is 451 g/mol. The Kier molecular flexibility index (Phi) is 5.61. The van der Waals surface area contributed by atoms with Crippen LogP contribution in [0.15, 0.2) is 52.1 Å². The smallest absolute Gasteiger partial charge is 0.273 e. The summed E-state index contributed by atoms with van der Waals surface area (Å²) in [5.74, 6) is -0.730. The Labute approximate surface area is 166 Å². The average Bonchev–Trinajstić information content (AvgIpc) is 3.10. The van der Waals surface area contributed by atoms with Gasteiger partial charge in [0.2, 0.25) is 5.91 Å². The van der Waals surface area contributed by atoms with E-state index in [9.17, 15) is 18.0 Å². The molecule has 9 heteroatoms. The molecule has 0 spiro atoms. The van der Waals surface area contributed by atoms with Crippen LogP contribution in [-0.4, -0.2) is 54.6 Å². The van der Waals surface area contributed by atoms with E-state index in [2.05, 4.69) is 20.9 Å². The molecule has 142 valence electrons. The second-order valence-electron chi connectivity index (χ2n) is 6.26. The largest absolute Gasteiger partial charge is 0.273 e. The molecule has 0 atom stereocenters. The summed E-state index contributed by atoms with van der Waals surface area (Å²) in [5.41, 5.74) is 0.800. The number of pyridine rings is 1.